The maximum Gasteiger partial charge on any atom is 0.262 e. The number of likely N-dealkylation sites (tertiary alicyclic amines) is 1. The smallest absolute Gasteiger partial charge is 0.262 e. The van der Waals surface area contributed by atoms with Crippen LogP contribution in [0.4, 0.5) is 5.69 Å². The van der Waals surface area contributed by atoms with E-state index in [0.717, 1.165) is 12.0 Å². The molecule has 0 spiro atoms. The van der Waals surface area contributed by atoms with E-state index < -0.39 is 10.0 Å². The van der Waals surface area contributed by atoms with Gasteiger partial charge in [-0.2, -0.15) is 0 Å². The highest BCUT2D eigenvalue weighted by atomic mass is 35.5. The van der Waals surface area contributed by atoms with Crippen LogP contribution in [0.25, 0.3) is 0 Å². The van der Waals surface area contributed by atoms with Crippen molar-refractivity contribution in [2.24, 2.45) is 11.7 Å². The van der Waals surface area contributed by atoms with Crippen molar-refractivity contribution in [1.82, 2.24) is 4.90 Å². The van der Waals surface area contributed by atoms with Crippen molar-refractivity contribution in [2.75, 3.05) is 24.4 Å². The van der Waals surface area contributed by atoms with Crippen LogP contribution >= 0.6 is 12.4 Å². The highest BCUT2D eigenvalue weighted by Gasteiger charge is 2.27. The lowest BCUT2D eigenvalue weighted by atomic mass is 10.1. The number of amides is 1. The molecule has 1 heterocycles. The zero-order valence-electron chi connectivity index (χ0n) is 16.0. The van der Waals surface area contributed by atoms with Crippen LogP contribution in [-0.2, 0) is 10.0 Å². The minimum absolute atomic E-state index is 0. The molecule has 1 fully saturated rings. The molecule has 2 aromatic rings. The summed E-state index contributed by atoms with van der Waals surface area (Å²) in [5.41, 5.74) is 8.12. The molecule has 0 aliphatic carbocycles. The quantitative estimate of drug-likeness (QED) is 0.773. The van der Waals surface area contributed by atoms with Gasteiger partial charge < -0.3 is 10.6 Å². The Kier molecular flexibility index (Phi) is 7.09. The van der Waals surface area contributed by atoms with E-state index in [-0.39, 0.29) is 23.2 Å². The summed E-state index contributed by atoms with van der Waals surface area (Å²) in [5.74, 6) is 0.156. The number of nitrogens with two attached hydrogens (primary N) is 1. The number of nitrogens with one attached hydrogen (secondary N) is 1. The number of benzene rings is 2. The summed E-state index contributed by atoms with van der Waals surface area (Å²) in [6, 6.07) is 12.0. The first kappa shape index (κ1) is 22.2. The number of carbonyl (C=O) groups is 1. The lowest BCUT2D eigenvalue weighted by Crippen LogP contribution is -2.30. The molecule has 1 unspecified atom stereocenters. The molecule has 1 aliphatic rings. The Hall–Kier alpha value is -2.09. The van der Waals surface area contributed by atoms with Crippen molar-refractivity contribution in [3.05, 3.63) is 59.2 Å². The third kappa shape index (κ3) is 4.84. The average molecular weight is 424 g/mol. The van der Waals surface area contributed by atoms with Crippen molar-refractivity contribution in [3.63, 3.8) is 0 Å². The third-order valence-corrected chi connectivity index (χ3v) is 6.42. The van der Waals surface area contributed by atoms with Crippen molar-refractivity contribution in [3.8, 4) is 0 Å². The lowest BCUT2D eigenvalue weighted by molar-refractivity contribution is 0.0787. The van der Waals surface area contributed by atoms with E-state index in [1.165, 1.54) is 6.07 Å². The van der Waals surface area contributed by atoms with Crippen LogP contribution < -0.4 is 10.5 Å². The van der Waals surface area contributed by atoms with Gasteiger partial charge in [-0.15, -0.1) is 12.4 Å². The zero-order chi connectivity index (χ0) is 19.6. The maximum absolute atomic E-state index is 12.9. The van der Waals surface area contributed by atoms with Crippen molar-refractivity contribution >= 4 is 34.0 Å². The second kappa shape index (κ2) is 8.94. The molecule has 1 saturated heterocycles. The molecule has 1 aliphatic heterocycles. The number of carbonyl (C=O) groups excluding carboxylic acids is 1. The minimum Gasteiger partial charge on any atom is -0.338 e. The van der Waals surface area contributed by atoms with Gasteiger partial charge in [0.1, 0.15) is 0 Å². The first-order valence-corrected chi connectivity index (χ1v) is 10.5. The van der Waals surface area contributed by atoms with Gasteiger partial charge >= 0.3 is 0 Å². The molecular weight excluding hydrogens is 398 g/mol. The van der Waals surface area contributed by atoms with Gasteiger partial charge in [-0.05, 0) is 68.1 Å². The number of hydrogen-bond donors (Lipinski definition) is 2. The highest BCUT2D eigenvalue weighted by molar-refractivity contribution is 7.92. The molecule has 0 saturated carbocycles. The van der Waals surface area contributed by atoms with Gasteiger partial charge in [-0.1, -0.05) is 18.2 Å². The van der Waals surface area contributed by atoms with Crippen LogP contribution in [0.3, 0.4) is 0 Å². The van der Waals surface area contributed by atoms with Gasteiger partial charge in [0.05, 0.1) is 4.90 Å². The Morgan fingerprint density at radius 3 is 2.61 bits per heavy atom. The summed E-state index contributed by atoms with van der Waals surface area (Å²) in [6.07, 6.45) is 0.883. The zero-order valence-corrected chi connectivity index (χ0v) is 17.6. The van der Waals surface area contributed by atoms with Crippen LogP contribution in [0, 0.1) is 19.8 Å². The second-order valence-corrected chi connectivity index (χ2v) is 8.75. The van der Waals surface area contributed by atoms with Crippen LogP contribution in [0.1, 0.15) is 27.9 Å². The monoisotopic (exact) mass is 423 g/mol. The van der Waals surface area contributed by atoms with E-state index in [2.05, 4.69) is 4.72 Å². The molecule has 6 nitrogen and oxygen atoms in total. The number of hydrogen-bond acceptors (Lipinski definition) is 4. The summed E-state index contributed by atoms with van der Waals surface area (Å²) >= 11 is 0. The van der Waals surface area contributed by atoms with Gasteiger partial charge in [0.15, 0.2) is 0 Å². The van der Waals surface area contributed by atoms with Gasteiger partial charge in [0.25, 0.3) is 15.9 Å². The summed E-state index contributed by atoms with van der Waals surface area (Å²) in [5, 5.41) is 0. The number of anilines is 1. The van der Waals surface area contributed by atoms with Gasteiger partial charge in [-0.3, -0.25) is 9.52 Å². The number of halogens is 1. The number of nitrogens with zero attached hydrogens (tertiary/aromatic N) is 1. The molecule has 0 aromatic heterocycles. The van der Waals surface area contributed by atoms with E-state index in [4.69, 9.17) is 5.73 Å². The van der Waals surface area contributed by atoms with Crippen LogP contribution in [0.15, 0.2) is 47.4 Å². The fraction of sp³-hybridized carbons (Fsp3) is 0.350. The molecule has 8 heteroatoms. The first-order chi connectivity index (χ1) is 12.8. The van der Waals surface area contributed by atoms with Crippen LogP contribution in [-0.4, -0.2) is 38.9 Å². The number of sulfonamides is 1. The van der Waals surface area contributed by atoms with Gasteiger partial charge in [-0.25, -0.2) is 8.42 Å². The topological polar surface area (TPSA) is 92.5 Å². The highest BCUT2D eigenvalue weighted by Crippen LogP contribution is 2.24. The molecule has 0 bridgehead atoms. The Morgan fingerprint density at radius 2 is 1.96 bits per heavy atom. The standard InChI is InChI=1S/C20H25N3O3S.ClH/c1-14-4-3-5-18(10-14)22-27(25,26)19-11-17(7-6-15(19)2)20(24)23-9-8-16(12-21)13-23;/h3-7,10-11,16,22H,8-9,12-13,21H2,1-2H3;1H. The molecular formula is C20H26ClN3O3S. The van der Waals surface area contributed by atoms with Gasteiger partial charge in [0, 0.05) is 24.3 Å². The van der Waals surface area contributed by atoms with E-state index in [0.29, 0.717) is 42.4 Å². The average Bonchev–Trinajstić information content (AvgIpc) is 3.10. The molecule has 152 valence electrons. The summed E-state index contributed by atoms with van der Waals surface area (Å²) < 4.78 is 28.4. The Labute approximate surface area is 172 Å². The maximum atomic E-state index is 12.9. The largest absolute Gasteiger partial charge is 0.338 e. The molecule has 0 radical (unpaired) electrons. The molecule has 2 aromatic carbocycles. The van der Waals surface area contributed by atoms with Crippen molar-refractivity contribution < 1.29 is 13.2 Å². The summed E-state index contributed by atoms with van der Waals surface area (Å²) in [6.45, 7) is 5.44. The van der Waals surface area contributed by atoms with Crippen molar-refractivity contribution in [1.29, 1.82) is 0 Å². The summed E-state index contributed by atoms with van der Waals surface area (Å²) in [4.78, 5) is 14.6. The Bertz CT molecular complexity index is 963. The molecule has 1 amide bonds. The van der Waals surface area contributed by atoms with E-state index in [9.17, 15) is 13.2 Å². The Morgan fingerprint density at radius 1 is 1.21 bits per heavy atom. The minimum atomic E-state index is -3.80. The van der Waals surface area contributed by atoms with Crippen LogP contribution in [0.2, 0.25) is 0 Å². The Balaban J connectivity index is 0.00000280. The fourth-order valence-corrected chi connectivity index (χ4v) is 4.65. The molecule has 1 atom stereocenters. The predicted molar refractivity (Wildman–Crippen MR) is 113 cm³/mol. The predicted octanol–water partition coefficient (Wildman–Crippen LogP) is 2.95. The normalized spacial score (nSPS) is 16.5. The van der Waals surface area contributed by atoms with Gasteiger partial charge in [0.2, 0.25) is 0 Å². The van der Waals surface area contributed by atoms with E-state index in [1.807, 2.05) is 13.0 Å². The fourth-order valence-electron chi connectivity index (χ4n) is 3.33. The van der Waals surface area contributed by atoms with Crippen molar-refractivity contribution in [2.45, 2.75) is 25.2 Å². The molecule has 3 rings (SSSR count). The SMILES string of the molecule is Cc1cccc(NS(=O)(=O)c2cc(C(=O)N3CCC(CN)C3)ccc2C)c1.Cl. The third-order valence-electron chi connectivity index (χ3n) is 4.90. The van der Waals surface area contributed by atoms with E-state index in [1.54, 1.807) is 42.2 Å². The number of rotatable bonds is 5. The van der Waals surface area contributed by atoms with Crippen LogP contribution in [0.5, 0.6) is 0 Å². The number of aryl methyl sites for hydroxylation is 2. The molecule has 28 heavy (non-hydrogen) atoms. The lowest BCUT2D eigenvalue weighted by Gasteiger charge is -2.18. The second-order valence-electron chi connectivity index (χ2n) is 7.10. The molecule has 3 N–H and O–H groups in total. The summed E-state index contributed by atoms with van der Waals surface area (Å²) in [7, 11) is -3.80. The van der Waals surface area contributed by atoms with E-state index >= 15 is 0 Å². The first-order valence-electron chi connectivity index (χ1n) is 8.99.